The minimum atomic E-state index is 0.0706. The molecule has 0 aromatic heterocycles. The molecule has 0 N–H and O–H groups in total. The van der Waals surface area contributed by atoms with Crippen LogP contribution in [0, 0.1) is 0 Å². The number of carbonyl (C=O) groups excluding carboxylic acids is 1. The van der Waals surface area contributed by atoms with Crippen LogP contribution >= 0.6 is 27.5 Å². The molecule has 0 unspecified atom stereocenters. The maximum Gasteiger partial charge on any atom is 0.253 e. The summed E-state index contributed by atoms with van der Waals surface area (Å²) in [5.41, 5.74) is 0.667. The fraction of sp³-hybridized carbons (Fsp3) is 0.533. The van der Waals surface area contributed by atoms with Crippen molar-refractivity contribution >= 4 is 33.4 Å². The Hall–Kier alpha value is -0.540. The van der Waals surface area contributed by atoms with E-state index < -0.39 is 0 Å². The molecule has 1 aliphatic carbocycles. The Morgan fingerprint density at radius 2 is 1.89 bits per heavy atom. The molecule has 1 aliphatic rings. The fourth-order valence-electron chi connectivity index (χ4n) is 2.64. The van der Waals surface area contributed by atoms with Gasteiger partial charge < -0.3 is 4.90 Å². The second-order valence-corrected chi connectivity index (χ2v) is 6.45. The molecule has 0 atom stereocenters. The minimum Gasteiger partial charge on any atom is -0.339 e. The number of benzene rings is 1. The topological polar surface area (TPSA) is 20.3 Å². The van der Waals surface area contributed by atoms with Gasteiger partial charge in [-0.15, -0.1) is 0 Å². The average Bonchev–Trinajstić information content (AvgIpc) is 2.69. The highest BCUT2D eigenvalue weighted by molar-refractivity contribution is 9.10. The van der Waals surface area contributed by atoms with Gasteiger partial charge in [0.1, 0.15) is 0 Å². The molecule has 19 heavy (non-hydrogen) atoms. The monoisotopic (exact) mass is 343 g/mol. The highest BCUT2D eigenvalue weighted by atomic mass is 79.9. The average molecular weight is 345 g/mol. The van der Waals surface area contributed by atoms with Crippen molar-refractivity contribution in [2.75, 3.05) is 7.05 Å². The number of halogens is 2. The van der Waals surface area contributed by atoms with Crippen LogP contribution in [0.25, 0.3) is 0 Å². The lowest BCUT2D eigenvalue weighted by atomic mass is 10.1. The fourth-order valence-corrected chi connectivity index (χ4v) is 3.07. The van der Waals surface area contributed by atoms with Gasteiger partial charge in [0.15, 0.2) is 0 Å². The van der Waals surface area contributed by atoms with Crippen molar-refractivity contribution in [2.45, 2.75) is 44.6 Å². The summed E-state index contributed by atoms with van der Waals surface area (Å²) in [4.78, 5) is 14.4. The third-order valence-corrected chi connectivity index (χ3v) is 5.09. The Morgan fingerprint density at radius 3 is 2.47 bits per heavy atom. The van der Waals surface area contributed by atoms with E-state index in [0.29, 0.717) is 16.6 Å². The normalized spacial score (nSPS) is 17.0. The van der Waals surface area contributed by atoms with Crippen LogP contribution in [0.15, 0.2) is 22.7 Å². The number of carbonyl (C=O) groups is 1. The van der Waals surface area contributed by atoms with E-state index in [1.54, 1.807) is 6.07 Å². The van der Waals surface area contributed by atoms with Gasteiger partial charge in [0.2, 0.25) is 0 Å². The highest BCUT2D eigenvalue weighted by Gasteiger charge is 2.22. The molecule has 0 heterocycles. The first-order valence-electron chi connectivity index (χ1n) is 6.82. The summed E-state index contributed by atoms with van der Waals surface area (Å²) in [6.07, 6.45) is 7.27. The molecule has 1 fully saturated rings. The summed E-state index contributed by atoms with van der Waals surface area (Å²) in [6, 6.07) is 5.76. The van der Waals surface area contributed by atoms with Gasteiger partial charge in [0.05, 0.1) is 5.02 Å². The van der Waals surface area contributed by atoms with E-state index >= 15 is 0 Å². The molecular weight excluding hydrogens is 326 g/mol. The Morgan fingerprint density at radius 1 is 1.26 bits per heavy atom. The predicted molar refractivity (Wildman–Crippen MR) is 82.7 cm³/mol. The quantitative estimate of drug-likeness (QED) is 0.699. The molecule has 0 radical (unpaired) electrons. The molecule has 1 aromatic rings. The van der Waals surface area contributed by atoms with Crippen LogP contribution < -0.4 is 0 Å². The zero-order valence-corrected chi connectivity index (χ0v) is 13.5. The maximum absolute atomic E-state index is 12.5. The van der Waals surface area contributed by atoms with Crippen LogP contribution in [0.5, 0.6) is 0 Å². The molecule has 1 aromatic carbocycles. The van der Waals surface area contributed by atoms with Crippen molar-refractivity contribution in [1.82, 2.24) is 4.90 Å². The van der Waals surface area contributed by atoms with Crippen molar-refractivity contribution in [2.24, 2.45) is 0 Å². The molecule has 2 rings (SSSR count). The Bertz CT molecular complexity index is 455. The van der Waals surface area contributed by atoms with E-state index in [1.165, 1.54) is 25.7 Å². The SMILES string of the molecule is CN(C(=O)c1ccc(Br)c(Cl)c1)C1CCCCCC1. The van der Waals surface area contributed by atoms with Crippen molar-refractivity contribution in [3.8, 4) is 0 Å². The van der Waals surface area contributed by atoms with Gasteiger partial charge in [-0.1, -0.05) is 37.3 Å². The third-order valence-electron chi connectivity index (χ3n) is 3.86. The van der Waals surface area contributed by atoms with E-state index in [1.807, 2.05) is 24.1 Å². The summed E-state index contributed by atoms with van der Waals surface area (Å²) in [6.45, 7) is 0. The molecule has 1 saturated carbocycles. The second-order valence-electron chi connectivity index (χ2n) is 5.19. The van der Waals surface area contributed by atoms with Gasteiger partial charge in [0, 0.05) is 23.1 Å². The Labute approximate surface area is 128 Å². The largest absolute Gasteiger partial charge is 0.339 e. The molecule has 0 spiro atoms. The second kappa shape index (κ2) is 6.76. The summed E-state index contributed by atoms with van der Waals surface area (Å²) in [5.74, 6) is 0.0706. The van der Waals surface area contributed by atoms with Gasteiger partial charge in [-0.3, -0.25) is 4.79 Å². The summed E-state index contributed by atoms with van der Waals surface area (Å²) in [7, 11) is 1.91. The number of amides is 1. The molecular formula is C15H19BrClNO. The van der Waals surface area contributed by atoms with Crippen LogP contribution in [0.4, 0.5) is 0 Å². The van der Waals surface area contributed by atoms with Crippen molar-refractivity contribution in [1.29, 1.82) is 0 Å². The lowest BCUT2D eigenvalue weighted by Gasteiger charge is -2.27. The molecule has 1 amide bonds. The van der Waals surface area contributed by atoms with Gasteiger partial charge in [-0.05, 0) is 47.0 Å². The number of hydrogen-bond acceptors (Lipinski definition) is 1. The molecule has 0 saturated heterocycles. The highest BCUT2D eigenvalue weighted by Crippen LogP contribution is 2.26. The third kappa shape index (κ3) is 3.73. The van der Waals surface area contributed by atoms with Gasteiger partial charge in [-0.2, -0.15) is 0 Å². The van der Waals surface area contributed by atoms with E-state index in [4.69, 9.17) is 11.6 Å². The van der Waals surface area contributed by atoms with Crippen LogP contribution in [0.1, 0.15) is 48.9 Å². The number of rotatable bonds is 2. The van der Waals surface area contributed by atoms with Crippen LogP contribution in [-0.4, -0.2) is 23.9 Å². The van der Waals surface area contributed by atoms with E-state index in [0.717, 1.165) is 17.3 Å². The molecule has 4 heteroatoms. The van der Waals surface area contributed by atoms with Crippen LogP contribution in [0.3, 0.4) is 0 Å². The standard InChI is InChI=1S/C15H19BrClNO/c1-18(12-6-4-2-3-5-7-12)15(19)11-8-9-13(16)14(17)10-11/h8-10,12H,2-7H2,1H3. The van der Waals surface area contributed by atoms with E-state index in [9.17, 15) is 4.79 Å². The van der Waals surface area contributed by atoms with Crippen molar-refractivity contribution < 1.29 is 4.79 Å². The Balaban J connectivity index is 2.10. The predicted octanol–water partition coefficient (Wildman–Crippen LogP) is 4.90. The minimum absolute atomic E-state index is 0.0706. The van der Waals surface area contributed by atoms with Crippen LogP contribution in [-0.2, 0) is 0 Å². The lowest BCUT2D eigenvalue weighted by molar-refractivity contribution is 0.0717. The Kier molecular flexibility index (Phi) is 5.28. The van der Waals surface area contributed by atoms with Gasteiger partial charge in [-0.25, -0.2) is 0 Å². The van der Waals surface area contributed by atoms with Crippen LogP contribution in [0.2, 0.25) is 5.02 Å². The zero-order chi connectivity index (χ0) is 13.8. The summed E-state index contributed by atoms with van der Waals surface area (Å²) < 4.78 is 0.822. The summed E-state index contributed by atoms with van der Waals surface area (Å²) >= 11 is 9.40. The first-order chi connectivity index (χ1) is 9.09. The van der Waals surface area contributed by atoms with Gasteiger partial charge >= 0.3 is 0 Å². The smallest absolute Gasteiger partial charge is 0.253 e. The summed E-state index contributed by atoms with van der Waals surface area (Å²) in [5, 5.41) is 0.583. The molecule has 0 bridgehead atoms. The lowest BCUT2D eigenvalue weighted by Crippen LogP contribution is -2.36. The molecule has 2 nitrogen and oxygen atoms in total. The number of hydrogen-bond donors (Lipinski definition) is 0. The molecule has 104 valence electrons. The maximum atomic E-state index is 12.5. The number of nitrogens with zero attached hydrogens (tertiary/aromatic N) is 1. The van der Waals surface area contributed by atoms with Crippen molar-refractivity contribution in [3.63, 3.8) is 0 Å². The zero-order valence-electron chi connectivity index (χ0n) is 11.2. The van der Waals surface area contributed by atoms with E-state index in [-0.39, 0.29) is 5.91 Å². The first-order valence-corrected chi connectivity index (χ1v) is 7.99. The first kappa shape index (κ1) is 14.9. The van der Waals surface area contributed by atoms with Crippen molar-refractivity contribution in [3.05, 3.63) is 33.3 Å². The van der Waals surface area contributed by atoms with Gasteiger partial charge in [0.25, 0.3) is 5.91 Å². The van der Waals surface area contributed by atoms with E-state index in [2.05, 4.69) is 15.9 Å². The molecule has 0 aliphatic heterocycles.